The second-order valence-electron chi connectivity index (χ2n) is 10.7. The number of amides is 2. The highest BCUT2D eigenvalue weighted by molar-refractivity contribution is 8.17. The van der Waals surface area contributed by atoms with Gasteiger partial charge in [0.25, 0.3) is 0 Å². The molecule has 10 heteroatoms. The first-order chi connectivity index (χ1) is 15.9. The predicted molar refractivity (Wildman–Crippen MR) is 137 cm³/mol. The van der Waals surface area contributed by atoms with Crippen molar-refractivity contribution in [3.8, 4) is 0 Å². The van der Waals surface area contributed by atoms with Crippen LogP contribution in [0.3, 0.4) is 0 Å². The van der Waals surface area contributed by atoms with Crippen molar-refractivity contribution in [2.45, 2.75) is 78.6 Å². The first kappa shape index (κ1) is 28.6. The standard InChI is InChI=1S/C25H36FN3O5S/c1-15(14-30)19-13-25(8,28-20(35-19)27-21(31)33-23(2,3)4)17-12-16(10-11-18(17)26)29(9)22(32)34-24(5,6)7/h10-12,30H,13-14H2,1-9H3,(H,27,28,31)/b19-15-/t25-/m0/s1. The number of aliphatic hydroxyl groups excluding tert-OH is 1. The Morgan fingerprint density at radius 3 is 2.34 bits per heavy atom. The zero-order valence-corrected chi connectivity index (χ0v) is 22.7. The molecule has 1 heterocycles. The number of carbonyl (C=O) groups excluding carboxylic acids is 2. The van der Waals surface area contributed by atoms with Gasteiger partial charge in [-0.2, -0.15) is 0 Å². The number of nitrogens with one attached hydrogen (secondary N) is 1. The number of benzene rings is 1. The number of aliphatic imine (C=N–C) groups is 1. The second kappa shape index (κ2) is 10.6. The van der Waals surface area contributed by atoms with Gasteiger partial charge in [0.1, 0.15) is 17.0 Å². The molecular weight excluding hydrogens is 473 g/mol. The number of hydrogen-bond donors (Lipinski definition) is 2. The van der Waals surface area contributed by atoms with Gasteiger partial charge in [-0.15, -0.1) is 0 Å². The van der Waals surface area contributed by atoms with Crippen molar-refractivity contribution in [2.24, 2.45) is 4.99 Å². The number of hydrogen-bond acceptors (Lipinski definition) is 7. The van der Waals surface area contributed by atoms with Gasteiger partial charge in [0.15, 0.2) is 5.17 Å². The van der Waals surface area contributed by atoms with Crippen molar-refractivity contribution in [3.05, 3.63) is 40.1 Å². The number of anilines is 1. The summed E-state index contributed by atoms with van der Waals surface area (Å²) in [5.74, 6) is -0.512. The molecule has 2 N–H and O–H groups in total. The molecule has 2 amide bonds. The summed E-state index contributed by atoms with van der Waals surface area (Å²) < 4.78 is 25.9. The molecule has 0 saturated carbocycles. The van der Waals surface area contributed by atoms with E-state index in [0.717, 1.165) is 4.91 Å². The fraction of sp³-hybridized carbons (Fsp3) is 0.560. The number of carbonyl (C=O) groups is 2. The molecular formula is C25H36FN3O5S. The molecule has 0 radical (unpaired) electrons. The van der Waals surface area contributed by atoms with E-state index in [1.165, 1.54) is 28.8 Å². The average Bonchev–Trinajstić information content (AvgIpc) is 2.69. The number of ether oxygens (including phenoxy) is 2. The van der Waals surface area contributed by atoms with Crippen LogP contribution >= 0.6 is 11.8 Å². The maximum Gasteiger partial charge on any atom is 0.414 e. The molecule has 35 heavy (non-hydrogen) atoms. The smallest absolute Gasteiger partial charge is 0.414 e. The third kappa shape index (κ3) is 7.96. The monoisotopic (exact) mass is 509 g/mol. The Bertz CT molecular complexity index is 1040. The van der Waals surface area contributed by atoms with Gasteiger partial charge in [-0.25, -0.2) is 14.0 Å². The minimum absolute atomic E-state index is 0.192. The number of nitrogens with zero attached hydrogens (tertiary/aromatic N) is 2. The Morgan fingerprint density at radius 1 is 1.20 bits per heavy atom. The van der Waals surface area contributed by atoms with Crippen LogP contribution in [-0.2, 0) is 15.0 Å². The van der Waals surface area contributed by atoms with Gasteiger partial charge in [0.05, 0.1) is 12.1 Å². The molecule has 0 saturated heterocycles. The summed E-state index contributed by atoms with van der Waals surface area (Å²) in [6.45, 7) is 13.8. The van der Waals surface area contributed by atoms with Crippen LogP contribution in [0.4, 0.5) is 19.7 Å². The van der Waals surface area contributed by atoms with Crippen LogP contribution in [-0.4, -0.2) is 47.3 Å². The molecule has 0 bridgehead atoms. The van der Waals surface area contributed by atoms with Crippen molar-refractivity contribution in [2.75, 3.05) is 18.6 Å². The van der Waals surface area contributed by atoms with Gasteiger partial charge in [-0.05, 0) is 84.1 Å². The fourth-order valence-electron chi connectivity index (χ4n) is 3.25. The topological polar surface area (TPSA) is 100 Å². The van der Waals surface area contributed by atoms with Crippen molar-refractivity contribution in [1.29, 1.82) is 0 Å². The number of halogens is 1. The second-order valence-corrected chi connectivity index (χ2v) is 11.7. The number of alkyl carbamates (subject to hydrolysis) is 1. The van der Waals surface area contributed by atoms with Crippen molar-refractivity contribution < 1.29 is 28.6 Å². The van der Waals surface area contributed by atoms with Crippen LogP contribution in [0.1, 0.15) is 67.4 Å². The fourth-order valence-corrected chi connectivity index (χ4v) is 4.46. The summed E-state index contributed by atoms with van der Waals surface area (Å²) in [4.78, 5) is 31.7. The first-order valence-corrected chi connectivity index (χ1v) is 12.1. The number of amidine groups is 1. The molecule has 0 spiro atoms. The molecule has 0 aromatic heterocycles. The largest absolute Gasteiger partial charge is 0.444 e. The SMILES string of the molecule is C/C(CO)=C1\C[C@@](C)(c2cc(N(C)C(=O)OC(C)(C)C)ccc2F)N=C(NC(=O)OC(C)(C)C)S1. The van der Waals surface area contributed by atoms with E-state index in [4.69, 9.17) is 9.47 Å². The van der Waals surface area contributed by atoms with Crippen LogP contribution in [0.25, 0.3) is 0 Å². The van der Waals surface area contributed by atoms with Gasteiger partial charge in [0, 0.05) is 24.7 Å². The lowest BCUT2D eigenvalue weighted by Gasteiger charge is -2.34. The highest BCUT2D eigenvalue weighted by atomic mass is 32.2. The third-order valence-corrected chi connectivity index (χ3v) is 6.10. The zero-order chi connectivity index (χ0) is 26.8. The lowest BCUT2D eigenvalue weighted by molar-refractivity contribution is 0.0559. The highest BCUT2D eigenvalue weighted by Gasteiger charge is 2.37. The van der Waals surface area contributed by atoms with Crippen molar-refractivity contribution in [1.82, 2.24) is 5.32 Å². The number of rotatable bonds is 3. The molecule has 1 atom stereocenters. The van der Waals surface area contributed by atoms with E-state index < -0.39 is 34.7 Å². The minimum Gasteiger partial charge on any atom is -0.444 e. The van der Waals surface area contributed by atoms with Gasteiger partial charge in [-0.3, -0.25) is 15.2 Å². The normalized spacial score (nSPS) is 20.0. The molecule has 0 fully saturated rings. The maximum absolute atomic E-state index is 15.2. The molecule has 0 aliphatic carbocycles. The van der Waals surface area contributed by atoms with Gasteiger partial charge >= 0.3 is 12.2 Å². The third-order valence-electron chi connectivity index (χ3n) is 4.98. The molecule has 1 aliphatic rings. The van der Waals surface area contributed by atoms with Gasteiger partial charge in [-0.1, -0.05) is 11.8 Å². The predicted octanol–water partition coefficient (Wildman–Crippen LogP) is 5.70. The molecule has 1 aliphatic heterocycles. The summed E-state index contributed by atoms with van der Waals surface area (Å²) in [5.41, 5.74) is -1.18. The molecule has 0 unspecified atom stereocenters. The summed E-state index contributed by atoms with van der Waals surface area (Å²) >= 11 is 1.19. The van der Waals surface area contributed by atoms with E-state index in [1.54, 1.807) is 68.5 Å². The Kier molecular flexibility index (Phi) is 8.65. The van der Waals surface area contributed by atoms with Gasteiger partial charge < -0.3 is 14.6 Å². The molecule has 1 aromatic rings. The van der Waals surface area contributed by atoms with E-state index in [2.05, 4.69) is 10.3 Å². The van der Waals surface area contributed by atoms with Crippen LogP contribution < -0.4 is 10.2 Å². The Hall–Kier alpha value is -2.59. The van der Waals surface area contributed by atoms with Crippen LogP contribution in [0.15, 0.2) is 33.7 Å². The molecule has 2 rings (SSSR count). The Morgan fingerprint density at radius 2 is 1.80 bits per heavy atom. The summed E-state index contributed by atoms with van der Waals surface area (Å²) in [5, 5.41) is 12.6. The summed E-state index contributed by atoms with van der Waals surface area (Å²) in [7, 11) is 1.55. The van der Waals surface area contributed by atoms with Crippen LogP contribution in [0.2, 0.25) is 0 Å². The lowest BCUT2D eigenvalue weighted by atomic mass is 9.87. The van der Waals surface area contributed by atoms with E-state index >= 15 is 4.39 Å². The first-order valence-electron chi connectivity index (χ1n) is 11.3. The van der Waals surface area contributed by atoms with Crippen LogP contribution in [0.5, 0.6) is 0 Å². The zero-order valence-electron chi connectivity index (χ0n) is 21.9. The summed E-state index contributed by atoms with van der Waals surface area (Å²) in [6, 6.07) is 4.32. The minimum atomic E-state index is -1.13. The van der Waals surface area contributed by atoms with Gasteiger partial charge in [0.2, 0.25) is 0 Å². The van der Waals surface area contributed by atoms with E-state index in [1.807, 2.05) is 0 Å². The quantitative estimate of drug-likeness (QED) is 0.542. The lowest BCUT2D eigenvalue weighted by Crippen LogP contribution is -2.39. The van der Waals surface area contributed by atoms with Crippen molar-refractivity contribution in [3.63, 3.8) is 0 Å². The van der Waals surface area contributed by atoms with E-state index in [0.29, 0.717) is 17.7 Å². The molecule has 194 valence electrons. The summed E-state index contributed by atoms with van der Waals surface area (Å²) in [6.07, 6.45) is -0.972. The van der Waals surface area contributed by atoms with E-state index in [9.17, 15) is 14.7 Å². The number of aliphatic hydroxyl groups is 1. The highest BCUT2D eigenvalue weighted by Crippen LogP contribution is 2.44. The van der Waals surface area contributed by atoms with Crippen LogP contribution in [0, 0.1) is 5.82 Å². The molecule has 1 aromatic carbocycles. The number of thioether (sulfide) groups is 1. The van der Waals surface area contributed by atoms with E-state index in [-0.39, 0.29) is 17.3 Å². The Labute approximate surface area is 211 Å². The maximum atomic E-state index is 15.2. The Balaban J connectivity index is 2.51. The average molecular weight is 510 g/mol. The molecule has 8 nitrogen and oxygen atoms in total. The van der Waals surface area contributed by atoms with Crippen molar-refractivity contribution >= 4 is 34.8 Å².